The van der Waals surface area contributed by atoms with Crippen LogP contribution in [-0.2, 0) is 4.74 Å². The Hall–Kier alpha value is -2.58. The zero-order valence-electron chi connectivity index (χ0n) is 14.7. The summed E-state index contributed by atoms with van der Waals surface area (Å²) in [5.74, 6) is 0.0310. The van der Waals surface area contributed by atoms with Gasteiger partial charge in [-0.15, -0.1) is 0 Å². The van der Waals surface area contributed by atoms with Gasteiger partial charge in [-0.25, -0.2) is 8.78 Å². The fourth-order valence-electron chi connectivity index (χ4n) is 3.43. The van der Waals surface area contributed by atoms with E-state index in [4.69, 9.17) is 16.2 Å². The number of phenols is 1. The van der Waals surface area contributed by atoms with E-state index in [1.54, 1.807) is 18.2 Å². The van der Waals surface area contributed by atoms with Crippen LogP contribution in [0, 0.1) is 0 Å². The number of aromatic amines is 1. The number of hydrogen-bond donors (Lipinski definition) is 5. The van der Waals surface area contributed by atoms with Gasteiger partial charge in [-0.2, -0.15) is 0 Å². The van der Waals surface area contributed by atoms with Gasteiger partial charge in [0, 0.05) is 47.2 Å². The van der Waals surface area contributed by atoms with E-state index < -0.39 is 12.5 Å². The molecule has 2 heterocycles. The van der Waals surface area contributed by atoms with E-state index in [0.29, 0.717) is 37.3 Å². The summed E-state index contributed by atoms with van der Waals surface area (Å²) in [7, 11) is 0. The molecule has 1 aromatic carbocycles. The summed E-state index contributed by atoms with van der Waals surface area (Å²) in [6.45, 7) is 1.03. The Morgan fingerprint density at radius 3 is 2.56 bits per heavy atom. The summed E-state index contributed by atoms with van der Waals surface area (Å²) in [6, 6.07) is 6.41. The zero-order valence-corrected chi connectivity index (χ0v) is 14.7. The fourth-order valence-corrected chi connectivity index (χ4v) is 3.43. The molecule has 0 bridgehead atoms. The molecule has 1 fully saturated rings. The molecule has 8 heteroatoms. The Balaban J connectivity index is 2.10. The Bertz CT molecular complexity index is 830. The van der Waals surface area contributed by atoms with E-state index in [2.05, 4.69) is 4.98 Å². The number of halogens is 2. The fraction of sp³-hybridized carbons (Fsp3) is 0.368. The highest BCUT2D eigenvalue weighted by Crippen LogP contribution is 2.39. The Morgan fingerprint density at radius 1 is 1.26 bits per heavy atom. The molecular formula is C19H23F2N3O3. The van der Waals surface area contributed by atoms with Crippen LogP contribution < -0.4 is 11.5 Å². The quantitative estimate of drug-likeness (QED) is 0.547. The van der Waals surface area contributed by atoms with Crippen LogP contribution >= 0.6 is 0 Å². The van der Waals surface area contributed by atoms with Gasteiger partial charge in [0.2, 0.25) is 0 Å². The highest BCUT2D eigenvalue weighted by atomic mass is 19.3. The highest BCUT2D eigenvalue weighted by Gasteiger charge is 2.32. The van der Waals surface area contributed by atoms with Gasteiger partial charge in [0.15, 0.2) is 0 Å². The molecule has 7 N–H and O–H groups in total. The zero-order chi connectivity index (χ0) is 19.6. The first-order chi connectivity index (χ1) is 12.9. The van der Waals surface area contributed by atoms with E-state index in [1.807, 2.05) is 0 Å². The first kappa shape index (κ1) is 19.2. The van der Waals surface area contributed by atoms with E-state index in [-0.39, 0.29) is 34.3 Å². The molecule has 0 saturated carbocycles. The Labute approximate surface area is 155 Å². The maximum atomic E-state index is 13.4. The minimum atomic E-state index is -2.97. The first-order valence-electron chi connectivity index (χ1n) is 8.70. The lowest BCUT2D eigenvalue weighted by molar-refractivity contribution is -0.00695. The van der Waals surface area contributed by atoms with Crippen molar-refractivity contribution in [1.29, 1.82) is 0 Å². The predicted octanol–water partition coefficient (Wildman–Crippen LogP) is 2.95. The highest BCUT2D eigenvalue weighted by molar-refractivity contribution is 5.86. The van der Waals surface area contributed by atoms with Crippen molar-refractivity contribution in [1.82, 2.24) is 4.98 Å². The number of nitrogens with one attached hydrogen (secondary N) is 1. The summed E-state index contributed by atoms with van der Waals surface area (Å²) in [4.78, 5) is 2.96. The average molecular weight is 379 g/mol. The molecule has 3 rings (SSSR count). The average Bonchev–Trinajstić information content (AvgIpc) is 2.98. The molecule has 146 valence electrons. The van der Waals surface area contributed by atoms with E-state index in [1.165, 1.54) is 12.1 Å². The SMILES string of the molecule is N/C(=C\c1c(N)[nH]c(C2CCOCC2)c1C(O)C(F)F)c1ccccc1O. The topological polar surface area (TPSA) is 118 Å². The monoisotopic (exact) mass is 379 g/mol. The van der Waals surface area contributed by atoms with E-state index >= 15 is 0 Å². The standard InChI is InChI=1S/C19H23F2N3O3/c20-18(21)17(26)15-12(9-13(22)11-3-1-2-4-14(11)25)19(23)24-16(15)10-5-7-27-8-6-10/h1-4,9-10,17-18,24-26H,5-8,22-23H2/b13-9-. The number of benzene rings is 1. The Morgan fingerprint density at radius 2 is 1.93 bits per heavy atom. The molecule has 6 nitrogen and oxygen atoms in total. The number of aromatic nitrogens is 1. The van der Waals surface area contributed by atoms with Crippen LogP contribution in [0.5, 0.6) is 5.75 Å². The third-order valence-corrected chi connectivity index (χ3v) is 4.82. The van der Waals surface area contributed by atoms with Crippen molar-refractivity contribution in [2.24, 2.45) is 5.73 Å². The van der Waals surface area contributed by atoms with Gasteiger partial charge in [0.25, 0.3) is 6.43 Å². The maximum Gasteiger partial charge on any atom is 0.268 e. The van der Waals surface area contributed by atoms with Gasteiger partial charge < -0.3 is 31.4 Å². The van der Waals surface area contributed by atoms with Crippen LogP contribution in [0.1, 0.15) is 47.2 Å². The normalized spacial score (nSPS) is 17.4. The number of phenolic OH excluding ortho intramolecular Hbond substituents is 1. The number of anilines is 1. The number of rotatable bonds is 5. The van der Waals surface area contributed by atoms with Crippen molar-refractivity contribution >= 4 is 17.6 Å². The molecule has 0 aliphatic carbocycles. The number of H-pyrrole nitrogens is 1. The summed E-state index contributed by atoms with van der Waals surface area (Å²) >= 11 is 0. The lowest BCUT2D eigenvalue weighted by Crippen LogP contribution is -2.18. The molecule has 0 spiro atoms. The van der Waals surface area contributed by atoms with Crippen molar-refractivity contribution in [3.63, 3.8) is 0 Å². The lowest BCUT2D eigenvalue weighted by atomic mass is 9.90. The van der Waals surface area contributed by atoms with Gasteiger partial charge in [-0.05, 0) is 31.1 Å². The Kier molecular flexibility index (Phi) is 5.67. The second-order valence-electron chi connectivity index (χ2n) is 6.56. The van der Waals surface area contributed by atoms with Gasteiger partial charge >= 0.3 is 0 Å². The van der Waals surface area contributed by atoms with Crippen molar-refractivity contribution in [2.45, 2.75) is 31.3 Å². The smallest absolute Gasteiger partial charge is 0.268 e. The second kappa shape index (κ2) is 7.98. The molecule has 1 atom stereocenters. The number of nitrogens with two attached hydrogens (primary N) is 2. The summed E-state index contributed by atoms with van der Waals surface area (Å²) in [5.41, 5.74) is 13.4. The molecule has 0 radical (unpaired) electrons. The minimum Gasteiger partial charge on any atom is -0.507 e. The molecule has 27 heavy (non-hydrogen) atoms. The molecule has 1 aliphatic heterocycles. The number of ether oxygens (including phenoxy) is 1. The van der Waals surface area contributed by atoms with Crippen LogP contribution in [0.15, 0.2) is 24.3 Å². The summed E-state index contributed by atoms with van der Waals surface area (Å²) < 4.78 is 32.0. The molecular weight excluding hydrogens is 356 g/mol. The molecule has 2 aromatic rings. The lowest BCUT2D eigenvalue weighted by Gasteiger charge is -2.24. The van der Waals surface area contributed by atoms with Crippen molar-refractivity contribution in [3.8, 4) is 5.75 Å². The van der Waals surface area contributed by atoms with Gasteiger partial charge in [0.1, 0.15) is 17.7 Å². The molecule has 1 saturated heterocycles. The van der Waals surface area contributed by atoms with Crippen molar-refractivity contribution in [3.05, 3.63) is 46.6 Å². The third kappa shape index (κ3) is 3.91. The van der Waals surface area contributed by atoms with Crippen molar-refractivity contribution in [2.75, 3.05) is 18.9 Å². The largest absolute Gasteiger partial charge is 0.507 e. The first-order valence-corrected chi connectivity index (χ1v) is 8.70. The number of hydrogen-bond acceptors (Lipinski definition) is 5. The summed E-state index contributed by atoms with van der Waals surface area (Å²) in [6.07, 6.45) is -2.29. The van der Waals surface area contributed by atoms with E-state index in [9.17, 15) is 19.0 Å². The summed E-state index contributed by atoms with van der Waals surface area (Å²) in [5, 5.41) is 20.1. The number of nitrogen functional groups attached to an aromatic ring is 1. The second-order valence-corrected chi connectivity index (χ2v) is 6.56. The number of aliphatic hydroxyl groups excluding tert-OH is 1. The number of alkyl halides is 2. The minimum absolute atomic E-state index is 0.0408. The molecule has 0 amide bonds. The maximum absolute atomic E-state index is 13.4. The van der Waals surface area contributed by atoms with Crippen LogP contribution in [0.2, 0.25) is 0 Å². The van der Waals surface area contributed by atoms with Crippen LogP contribution in [0.4, 0.5) is 14.6 Å². The predicted molar refractivity (Wildman–Crippen MR) is 99.1 cm³/mol. The third-order valence-electron chi connectivity index (χ3n) is 4.82. The van der Waals surface area contributed by atoms with Crippen LogP contribution in [-0.4, -0.2) is 34.8 Å². The number of aliphatic hydroxyl groups is 1. The van der Waals surface area contributed by atoms with Gasteiger partial charge in [0.05, 0.1) is 0 Å². The van der Waals surface area contributed by atoms with Crippen LogP contribution in [0.3, 0.4) is 0 Å². The van der Waals surface area contributed by atoms with E-state index in [0.717, 1.165) is 0 Å². The molecule has 1 aliphatic rings. The number of aromatic hydroxyl groups is 1. The number of para-hydroxylation sites is 1. The van der Waals surface area contributed by atoms with Crippen LogP contribution in [0.25, 0.3) is 11.8 Å². The molecule has 1 unspecified atom stereocenters. The van der Waals surface area contributed by atoms with Crippen molar-refractivity contribution < 1.29 is 23.7 Å². The molecule has 1 aromatic heterocycles. The van der Waals surface area contributed by atoms with Gasteiger partial charge in [-0.3, -0.25) is 0 Å². The van der Waals surface area contributed by atoms with Gasteiger partial charge in [-0.1, -0.05) is 12.1 Å².